The third-order valence-electron chi connectivity index (χ3n) is 7.54. The van der Waals surface area contributed by atoms with Crippen molar-refractivity contribution in [3.8, 4) is 334 Å². The Labute approximate surface area is 429 Å². The molecule has 0 aromatic carbocycles. The predicted octanol–water partition coefficient (Wildman–Crippen LogP) is 3.99. The molecule has 0 aromatic heterocycles. The Morgan fingerprint density at radius 1 is 0.333 bits per heavy atom. The fraction of sp³-hybridized carbons (Fsp3) is 0.186. The molecule has 72 heavy (non-hydrogen) atoms. The highest BCUT2D eigenvalue weighted by atomic mass is 16.6. The van der Waals surface area contributed by atoms with Crippen LogP contribution in [0.5, 0.6) is 0 Å². The summed E-state index contributed by atoms with van der Waals surface area (Å²) in [5, 5.41) is 0. The van der Waals surface area contributed by atoms with Gasteiger partial charge < -0.3 is 4.74 Å². The fourth-order valence-electron chi connectivity index (χ4n) is 4.93. The second kappa shape index (κ2) is 47.6. The van der Waals surface area contributed by atoms with E-state index < -0.39 is 5.92 Å². The van der Waals surface area contributed by atoms with Gasteiger partial charge in [-0.25, -0.2) is 0 Å². The summed E-state index contributed by atoms with van der Waals surface area (Å²) < 4.78 is 5.89. The van der Waals surface area contributed by atoms with Crippen LogP contribution in [0, 0.1) is 358 Å². The van der Waals surface area contributed by atoms with Crippen LogP contribution in [0.2, 0.25) is 0 Å². The highest BCUT2D eigenvalue weighted by molar-refractivity contribution is 5.79. The first kappa shape index (κ1) is 59.1. The van der Waals surface area contributed by atoms with Crippen LogP contribution < -0.4 is 0 Å². The summed E-state index contributed by atoms with van der Waals surface area (Å²) >= 11 is 0. The Balaban J connectivity index is 0.00000269. The Bertz CT molecular complexity index is 3850. The molecule has 1 saturated heterocycles. The third kappa shape index (κ3) is 36.6. The molecule has 2 aliphatic rings. The summed E-state index contributed by atoms with van der Waals surface area (Å²) in [7, 11) is 0. The van der Waals surface area contributed by atoms with Gasteiger partial charge in [0.15, 0.2) is 0 Å². The molecule has 5 atom stereocenters. The lowest BCUT2D eigenvalue weighted by Gasteiger charge is -2.25. The van der Waals surface area contributed by atoms with E-state index in [1.807, 2.05) is 0 Å². The number of fused-ring (bicyclic) bond motifs is 1. The van der Waals surface area contributed by atoms with Gasteiger partial charge in [0.2, 0.25) is 0 Å². The van der Waals surface area contributed by atoms with Gasteiger partial charge in [0.1, 0.15) is 12.0 Å². The molecule has 2 fully saturated rings. The van der Waals surface area contributed by atoms with Crippen molar-refractivity contribution in [1.82, 2.24) is 0 Å². The lowest BCUT2D eigenvalue weighted by atomic mass is 9.78. The zero-order valence-electron chi connectivity index (χ0n) is 38.8. The normalized spacial score (nSPS) is 13.2. The van der Waals surface area contributed by atoms with Gasteiger partial charge in [-0.05, 0) is 318 Å². The standard InChI is InChI=1S/C54H24O2.C10H2.C6H2/c1-4-7-10-13-16-19-22-24-27-28-31-34-37-41-49-43-40-44-50(42-38-35-32-29-26-23-20-17-14-11-8-5-2)48-53-51(47-46-49)52(54(55)56-53)45-39-36-33-30-25-21-18-15-12-9-6-3;1-3-5-7-9-10-8-6-4-2;1-3-5-6-4-2/h2,49-53H,40,43-44,46-48H2,1,3H3;1-2H;1-2H. The average Bonchev–Trinajstić information content (AvgIpc) is 3.69. The number of carbonyl (C=O) groups excluding carboxylic acids is 1. The van der Waals surface area contributed by atoms with Crippen molar-refractivity contribution >= 4 is 5.97 Å². The minimum Gasteiger partial charge on any atom is -0.461 e. The number of esters is 1. The summed E-state index contributed by atoms with van der Waals surface area (Å²) in [6.07, 6.45) is 28.1. The van der Waals surface area contributed by atoms with Gasteiger partial charge in [-0.2, -0.15) is 0 Å². The van der Waals surface area contributed by atoms with Gasteiger partial charge in [-0.3, -0.25) is 4.79 Å². The minimum absolute atomic E-state index is 0.0302. The molecule has 1 aliphatic carbocycles. The molecule has 0 bridgehead atoms. The summed E-state index contributed by atoms with van der Waals surface area (Å²) in [6, 6.07) is 0. The van der Waals surface area contributed by atoms with Crippen LogP contribution in [-0.4, -0.2) is 12.1 Å². The van der Waals surface area contributed by atoms with Gasteiger partial charge in [-0.15, -0.1) is 32.1 Å². The van der Waals surface area contributed by atoms with Crippen molar-refractivity contribution in [2.45, 2.75) is 58.5 Å². The van der Waals surface area contributed by atoms with Gasteiger partial charge in [0.05, 0.1) is 0 Å². The van der Waals surface area contributed by atoms with E-state index in [4.69, 9.17) is 36.9 Å². The Kier molecular flexibility index (Phi) is 39.1. The van der Waals surface area contributed by atoms with Crippen molar-refractivity contribution in [1.29, 1.82) is 0 Å². The second-order valence-electron chi connectivity index (χ2n) is 12.0. The van der Waals surface area contributed by atoms with Crippen molar-refractivity contribution in [3.05, 3.63) is 0 Å². The van der Waals surface area contributed by atoms with E-state index in [2.05, 4.69) is 302 Å². The Morgan fingerprint density at radius 2 is 0.611 bits per heavy atom. The van der Waals surface area contributed by atoms with E-state index in [1.54, 1.807) is 13.8 Å². The maximum atomic E-state index is 13.1. The van der Waals surface area contributed by atoms with Crippen molar-refractivity contribution in [3.63, 3.8) is 0 Å². The number of hydrogen-bond acceptors (Lipinski definition) is 2. The van der Waals surface area contributed by atoms with Crippen LogP contribution in [0.1, 0.15) is 52.4 Å². The zero-order valence-corrected chi connectivity index (χ0v) is 38.8. The molecule has 1 heterocycles. The Hall–Kier alpha value is -12.9. The lowest BCUT2D eigenvalue weighted by Crippen LogP contribution is -2.25. The topological polar surface area (TPSA) is 26.3 Å². The SMILES string of the molecule is C#CC#CC#C.C#CC#CC#CC#CC#C.C#CC#CC#CC#CC#CC#CC#CC1CCCC(C#CC#CC#CC#CC#CC#CC#CC)CCC2C(C1)OC(=O)C2C#CC#CC#CC#CC#CC#CC. The van der Waals surface area contributed by atoms with Gasteiger partial charge in [0.25, 0.3) is 0 Å². The van der Waals surface area contributed by atoms with Gasteiger partial charge >= 0.3 is 5.97 Å². The molecule has 2 heteroatoms. The highest BCUT2D eigenvalue weighted by Crippen LogP contribution is 2.38. The maximum absolute atomic E-state index is 13.1. The quantitative estimate of drug-likeness (QED) is 0.272. The van der Waals surface area contributed by atoms with Crippen LogP contribution >= 0.6 is 0 Å². The van der Waals surface area contributed by atoms with E-state index in [-0.39, 0.29) is 29.8 Å². The summed E-state index contributed by atoms with van der Waals surface area (Å²) in [5.41, 5.74) is 0. The Morgan fingerprint density at radius 3 is 0.958 bits per heavy atom. The van der Waals surface area contributed by atoms with Crippen LogP contribution in [-0.2, 0) is 9.53 Å². The zero-order chi connectivity index (χ0) is 52.5. The average molecular weight is 901 g/mol. The highest BCUT2D eigenvalue weighted by Gasteiger charge is 2.44. The maximum Gasteiger partial charge on any atom is 0.321 e. The first-order valence-corrected chi connectivity index (χ1v) is 20.4. The molecule has 5 unspecified atom stereocenters. The first-order chi connectivity index (χ1) is 35.5. The van der Waals surface area contributed by atoms with Crippen LogP contribution in [0.15, 0.2) is 0 Å². The predicted molar refractivity (Wildman–Crippen MR) is 286 cm³/mol. The van der Waals surface area contributed by atoms with E-state index in [0.717, 1.165) is 25.7 Å². The molecular weight excluding hydrogens is 873 g/mol. The van der Waals surface area contributed by atoms with Crippen LogP contribution in [0.25, 0.3) is 0 Å². The molecule has 0 amide bonds. The fourth-order valence-corrected chi connectivity index (χ4v) is 4.93. The van der Waals surface area contributed by atoms with Crippen molar-refractivity contribution < 1.29 is 9.53 Å². The van der Waals surface area contributed by atoms with E-state index in [1.165, 1.54) is 0 Å². The number of rotatable bonds is 0. The van der Waals surface area contributed by atoms with Crippen LogP contribution in [0.4, 0.5) is 0 Å². The van der Waals surface area contributed by atoms with Crippen molar-refractivity contribution in [2.24, 2.45) is 23.7 Å². The smallest absolute Gasteiger partial charge is 0.321 e. The van der Waals surface area contributed by atoms with E-state index >= 15 is 0 Å². The van der Waals surface area contributed by atoms with E-state index in [0.29, 0.717) is 12.8 Å². The molecular formula is C70H28O2. The number of ether oxygens (including phenoxy) is 1. The molecule has 320 valence electrons. The summed E-state index contributed by atoms with van der Waals surface area (Å²) in [6.45, 7) is 3.38. The largest absolute Gasteiger partial charge is 0.461 e. The summed E-state index contributed by atoms with van der Waals surface area (Å²) in [4.78, 5) is 13.1. The van der Waals surface area contributed by atoms with E-state index in [9.17, 15) is 4.79 Å². The summed E-state index contributed by atoms with van der Waals surface area (Å²) in [5.74, 6) is 129. The molecule has 1 aliphatic heterocycles. The van der Waals surface area contributed by atoms with Gasteiger partial charge in [-0.1, -0.05) is 36.0 Å². The second-order valence-corrected chi connectivity index (χ2v) is 12.0. The lowest BCUT2D eigenvalue weighted by molar-refractivity contribution is -0.143. The van der Waals surface area contributed by atoms with Crippen molar-refractivity contribution in [2.75, 3.05) is 0 Å². The number of hydrogen-bond donors (Lipinski definition) is 0. The molecule has 1 saturated carbocycles. The minimum atomic E-state index is -0.651. The molecule has 2 rings (SSSR count). The molecule has 0 radical (unpaired) electrons. The molecule has 0 N–H and O–H groups in total. The monoisotopic (exact) mass is 900 g/mol. The molecule has 2 nitrogen and oxygen atoms in total. The number of carbonyl (C=O) groups is 1. The molecule has 0 aromatic rings. The molecule has 0 spiro atoms. The number of terminal acetylenes is 5. The third-order valence-corrected chi connectivity index (χ3v) is 7.54. The first-order valence-electron chi connectivity index (χ1n) is 20.4. The van der Waals surface area contributed by atoms with Gasteiger partial charge in [0, 0.05) is 17.8 Å². The van der Waals surface area contributed by atoms with Crippen LogP contribution in [0.3, 0.4) is 0 Å².